The lowest BCUT2D eigenvalue weighted by molar-refractivity contribution is -0.124. The predicted molar refractivity (Wildman–Crippen MR) is 108 cm³/mol. The highest BCUT2D eigenvalue weighted by molar-refractivity contribution is 8.26. The van der Waals surface area contributed by atoms with Crippen molar-refractivity contribution in [2.24, 2.45) is 0 Å². The van der Waals surface area contributed by atoms with E-state index in [1.165, 1.54) is 5.56 Å². The number of hydrogen-bond acceptors (Lipinski definition) is 6. The Bertz CT molecular complexity index is 735. The zero-order chi connectivity index (χ0) is 18.4. The van der Waals surface area contributed by atoms with Crippen molar-refractivity contribution in [2.45, 2.75) is 36.4 Å². The zero-order valence-corrected chi connectivity index (χ0v) is 17.0. The van der Waals surface area contributed by atoms with Crippen molar-refractivity contribution in [2.75, 3.05) is 27.2 Å². The third-order valence-corrected chi connectivity index (χ3v) is 8.85. The standard InChI is InChI=1S/C20H24N2O2S2/c1-12-4-6-13(7-5-12)14-10-15(23)17(16(24)11-14)20-25-18-19(26-20)22(3)9-8-21(18)2/h4-7,14,18-19H,8-11H2,1-3H3. The first-order valence-electron chi connectivity index (χ1n) is 9.05. The molecule has 0 spiro atoms. The van der Waals surface area contributed by atoms with Gasteiger partial charge in [0, 0.05) is 25.9 Å². The number of nitrogens with zero attached hydrogens (tertiary/aromatic N) is 2. The molecule has 2 heterocycles. The molecule has 0 radical (unpaired) electrons. The molecule has 4 nitrogen and oxygen atoms in total. The van der Waals surface area contributed by atoms with Crippen LogP contribution in [0.4, 0.5) is 0 Å². The molecule has 2 unspecified atom stereocenters. The third-order valence-electron chi connectivity index (χ3n) is 5.55. The first-order valence-corrected chi connectivity index (χ1v) is 10.8. The Kier molecular flexibility index (Phi) is 5.03. The van der Waals surface area contributed by atoms with E-state index in [1.807, 2.05) is 6.92 Å². The predicted octanol–water partition coefficient (Wildman–Crippen LogP) is 3.23. The molecular formula is C20H24N2O2S2. The van der Waals surface area contributed by atoms with E-state index in [0.29, 0.717) is 29.2 Å². The quantitative estimate of drug-likeness (QED) is 0.543. The van der Waals surface area contributed by atoms with Gasteiger partial charge in [-0.05, 0) is 32.5 Å². The molecule has 138 valence electrons. The summed E-state index contributed by atoms with van der Waals surface area (Å²) in [7, 11) is 4.26. The average molecular weight is 389 g/mol. The van der Waals surface area contributed by atoms with Crippen molar-refractivity contribution in [3.8, 4) is 0 Å². The van der Waals surface area contributed by atoms with Gasteiger partial charge < -0.3 is 0 Å². The number of likely N-dealkylation sites (N-methyl/N-ethyl adjacent to an activating group) is 2. The second kappa shape index (κ2) is 7.15. The van der Waals surface area contributed by atoms with Gasteiger partial charge in [-0.3, -0.25) is 19.4 Å². The molecule has 4 rings (SSSR count). The molecule has 6 heteroatoms. The van der Waals surface area contributed by atoms with Crippen LogP contribution in [0, 0.1) is 6.92 Å². The van der Waals surface area contributed by atoms with Crippen LogP contribution in [0.5, 0.6) is 0 Å². The van der Waals surface area contributed by atoms with Crippen molar-refractivity contribution in [1.82, 2.24) is 9.80 Å². The van der Waals surface area contributed by atoms with E-state index in [1.54, 1.807) is 23.5 Å². The average Bonchev–Trinajstić information content (AvgIpc) is 3.04. The summed E-state index contributed by atoms with van der Waals surface area (Å²) in [5.41, 5.74) is 2.76. The van der Waals surface area contributed by atoms with Gasteiger partial charge in [0.05, 0.1) is 20.6 Å². The van der Waals surface area contributed by atoms with Crippen LogP contribution in [0.1, 0.15) is 29.9 Å². The minimum Gasteiger partial charge on any atom is -0.294 e. The number of benzene rings is 1. The highest BCUT2D eigenvalue weighted by Gasteiger charge is 2.44. The summed E-state index contributed by atoms with van der Waals surface area (Å²) in [6, 6.07) is 8.21. The van der Waals surface area contributed by atoms with E-state index in [0.717, 1.165) is 22.9 Å². The van der Waals surface area contributed by atoms with Crippen molar-refractivity contribution in [1.29, 1.82) is 0 Å². The molecular weight excluding hydrogens is 364 g/mol. The van der Waals surface area contributed by atoms with Crippen LogP contribution in [0.15, 0.2) is 34.1 Å². The fraction of sp³-hybridized carbons (Fsp3) is 0.500. The first-order chi connectivity index (χ1) is 12.4. The lowest BCUT2D eigenvalue weighted by Gasteiger charge is -2.39. The van der Waals surface area contributed by atoms with Gasteiger partial charge in [0.25, 0.3) is 0 Å². The summed E-state index contributed by atoms with van der Waals surface area (Å²) in [4.78, 5) is 30.4. The van der Waals surface area contributed by atoms with Crippen LogP contribution in [0.3, 0.4) is 0 Å². The van der Waals surface area contributed by atoms with E-state index >= 15 is 0 Å². The Balaban J connectivity index is 1.57. The van der Waals surface area contributed by atoms with Crippen LogP contribution in [-0.4, -0.2) is 59.3 Å². The van der Waals surface area contributed by atoms with Crippen molar-refractivity contribution in [3.05, 3.63) is 45.2 Å². The van der Waals surface area contributed by atoms with Gasteiger partial charge in [-0.25, -0.2) is 0 Å². The maximum absolute atomic E-state index is 12.9. The van der Waals surface area contributed by atoms with Crippen LogP contribution in [-0.2, 0) is 9.59 Å². The summed E-state index contributed by atoms with van der Waals surface area (Å²) in [5.74, 6) is 0.0560. The van der Waals surface area contributed by atoms with E-state index in [9.17, 15) is 9.59 Å². The summed E-state index contributed by atoms with van der Waals surface area (Å²) in [6.07, 6.45) is 0.880. The Labute approximate surface area is 163 Å². The van der Waals surface area contributed by atoms with Gasteiger partial charge in [0.2, 0.25) is 0 Å². The Morgan fingerprint density at radius 3 is 1.88 bits per heavy atom. The summed E-state index contributed by atoms with van der Waals surface area (Å²) in [5, 5.41) is 0.633. The van der Waals surface area contributed by atoms with Gasteiger partial charge in [-0.15, -0.1) is 0 Å². The monoisotopic (exact) mass is 388 g/mol. The van der Waals surface area contributed by atoms with E-state index in [4.69, 9.17) is 0 Å². The van der Waals surface area contributed by atoms with Crippen molar-refractivity contribution < 1.29 is 9.59 Å². The molecule has 0 bridgehead atoms. The number of fused-ring (bicyclic) bond motifs is 1. The van der Waals surface area contributed by atoms with Gasteiger partial charge >= 0.3 is 0 Å². The molecule has 2 atom stereocenters. The summed E-state index contributed by atoms with van der Waals surface area (Å²) < 4.78 is 0.943. The number of hydrogen-bond donors (Lipinski definition) is 0. The molecule has 3 aliphatic rings. The molecule has 2 saturated heterocycles. The van der Waals surface area contributed by atoms with E-state index in [-0.39, 0.29) is 17.5 Å². The number of thioether (sulfide) groups is 2. The summed E-state index contributed by atoms with van der Waals surface area (Å²) in [6.45, 7) is 4.09. The molecule has 26 heavy (non-hydrogen) atoms. The highest BCUT2D eigenvalue weighted by atomic mass is 32.2. The zero-order valence-electron chi connectivity index (χ0n) is 15.4. The number of allylic oxidation sites excluding steroid dienone is 1. The number of piperazine rings is 1. The SMILES string of the molecule is Cc1ccc(C2CC(=O)C(=C3SC4C(S3)N(C)CCN4C)C(=O)C2)cc1. The van der Waals surface area contributed by atoms with Crippen molar-refractivity contribution >= 4 is 35.1 Å². The molecule has 2 aliphatic heterocycles. The van der Waals surface area contributed by atoms with Gasteiger partial charge in [0.1, 0.15) is 0 Å². The molecule has 0 aromatic heterocycles. The second-order valence-electron chi connectivity index (χ2n) is 7.50. The Morgan fingerprint density at radius 1 is 0.885 bits per heavy atom. The van der Waals surface area contributed by atoms with Gasteiger partial charge in [-0.1, -0.05) is 53.4 Å². The number of ketones is 2. The molecule has 1 aliphatic carbocycles. The molecule has 0 amide bonds. The molecule has 1 saturated carbocycles. The topological polar surface area (TPSA) is 40.6 Å². The Morgan fingerprint density at radius 2 is 1.38 bits per heavy atom. The number of carbonyl (C=O) groups is 2. The maximum Gasteiger partial charge on any atom is 0.168 e. The first kappa shape index (κ1) is 18.3. The molecule has 1 aromatic rings. The largest absolute Gasteiger partial charge is 0.294 e. The number of rotatable bonds is 1. The van der Waals surface area contributed by atoms with Crippen LogP contribution in [0.25, 0.3) is 0 Å². The van der Waals surface area contributed by atoms with Crippen LogP contribution in [0.2, 0.25) is 0 Å². The van der Waals surface area contributed by atoms with Gasteiger partial charge in [-0.2, -0.15) is 0 Å². The van der Waals surface area contributed by atoms with E-state index in [2.05, 4.69) is 48.2 Å². The molecule has 1 aromatic carbocycles. The second-order valence-corrected chi connectivity index (χ2v) is 10.0. The molecule has 0 N–H and O–H groups in total. The number of aryl methyl sites for hydroxylation is 1. The maximum atomic E-state index is 12.9. The minimum absolute atomic E-state index is 0.0176. The van der Waals surface area contributed by atoms with Crippen LogP contribution < -0.4 is 0 Å². The fourth-order valence-electron chi connectivity index (χ4n) is 3.85. The lowest BCUT2D eigenvalue weighted by Crippen LogP contribution is -2.52. The minimum atomic E-state index is 0.0176. The number of Topliss-reactive ketones (excluding diaryl/α,β-unsaturated/α-hetero) is 2. The van der Waals surface area contributed by atoms with E-state index < -0.39 is 0 Å². The van der Waals surface area contributed by atoms with Crippen molar-refractivity contribution in [3.63, 3.8) is 0 Å². The smallest absolute Gasteiger partial charge is 0.168 e. The Hall–Kier alpha value is -1.08. The highest BCUT2D eigenvalue weighted by Crippen LogP contribution is 2.52. The fourth-order valence-corrected chi connectivity index (χ4v) is 7.34. The van der Waals surface area contributed by atoms with Gasteiger partial charge in [0.15, 0.2) is 11.6 Å². The third kappa shape index (κ3) is 3.28. The molecule has 3 fully saturated rings. The van der Waals surface area contributed by atoms with Crippen LogP contribution >= 0.6 is 23.5 Å². The number of carbonyl (C=O) groups excluding carboxylic acids is 2. The lowest BCUT2D eigenvalue weighted by atomic mass is 9.80. The normalized spacial score (nSPS) is 30.8. The summed E-state index contributed by atoms with van der Waals surface area (Å²) >= 11 is 3.41.